The second kappa shape index (κ2) is 12.6. The lowest BCUT2D eigenvalue weighted by molar-refractivity contribution is -0.118. The summed E-state index contributed by atoms with van der Waals surface area (Å²) >= 11 is 0. The highest BCUT2D eigenvalue weighted by molar-refractivity contribution is 6.07. The number of rotatable bonds is 10. The van der Waals surface area contributed by atoms with E-state index in [9.17, 15) is 14.4 Å². The number of amides is 1. The van der Waals surface area contributed by atoms with Gasteiger partial charge in [0.15, 0.2) is 23.8 Å². The van der Waals surface area contributed by atoms with Crippen molar-refractivity contribution in [1.29, 1.82) is 0 Å². The van der Waals surface area contributed by atoms with Gasteiger partial charge < -0.3 is 24.3 Å². The Bertz CT molecular complexity index is 1530. The van der Waals surface area contributed by atoms with Gasteiger partial charge in [-0.3, -0.25) is 4.79 Å². The van der Waals surface area contributed by atoms with Crippen molar-refractivity contribution >= 4 is 23.5 Å². The average Bonchev–Trinajstić information content (AvgIpc) is 3.38. The molecule has 0 unspecified atom stereocenters. The summed E-state index contributed by atoms with van der Waals surface area (Å²) in [5, 5.41) is 7.43. The maximum atomic E-state index is 12.9. The molecule has 0 fully saturated rings. The van der Waals surface area contributed by atoms with Gasteiger partial charge in [-0.25, -0.2) is 14.3 Å². The number of hydrogen-bond acceptors (Lipinski definition) is 8. The van der Waals surface area contributed by atoms with Crippen molar-refractivity contribution < 1.29 is 33.3 Å². The molecule has 0 saturated heterocycles. The summed E-state index contributed by atoms with van der Waals surface area (Å²) in [5.74, 6) is -1.20. The van der Waals surface area contributed by atoms with Crippen molar-refractivity contribution in [2.75, 3.05) is 32.8 Å². The van der Waals surface area contributed by atoms with Crippen LogP contribution in [0.15, 0.2) is 72.8 Å². The number of carbonyl (C=O) groups is 3. The van der Waals surface area contributed by atoms with E-state index in [4.69, 9.17) is 18.9 Å². The van der Waals surface area contributed by atoms with Crippen LogP contribution < -0.4 is 14.8 Å². The van der Waals surface area contributed by atoms with Crippen molar-refractivity contribution in [2.45, 2.75) is 13.8 Å². The average molecular weight is 544 g/mol. The number of carbonyl (C=O) groups excluding carboxylic acids is 3. The minimum Gasteiger partial charge on any atom is -0.490 e. The van der Waals surface area contributed by atoms with Gasteiger partial charge in [-0.15, -0.1) is 0 Å². The maximum absolute atomic E-state index is 12.9. The van der Waals surface area contributed by atoms with E-state index in [1.807, 2.05) is 37.3 Å². The second-order valence-corrected chi connectivity index (χ2v) is 8.55. The molecular weight excluding hydrogens is 514 g/mol. The van der Waals surface area contributed by atoms with Crippen LogP contribution >= 0.6 is 0 Å². The van der Waals surface area contributed by atoms with E-state index < -0.39 is 11.9 Å². The van der Waals surface area contributed by atoms with E-state index in [1.165, 1.54) is 18.9 Å². The van der Waals surface area contributed by atoms with Gasteiger partial charge in [0.2, 0.25) is 0 Å². The number of nitrogens with zero attached hydrogens (tertiary/aromatic N) is 2. The summed E-state index contributed by atoms with van der Waals surface area (Å²) in [4.78, 5) is 38.3. The molecule has 206 valence electrons. The van der Waals surface area contributed by atoms with E-state index >= 15 is 0 Å². The number of aryl methyl sites for hydroxylation is 1. The van der Waals surface area contributed by atoms with Gasteiger partial charge in [-0.2, -0.15) is 5.10 Å². The summed E-state index contributed by atoms with van der Waals surface area (Å²) in [7, 11) is 2.44. The molecule has 0 bridgehead atoms. The fourth-order valence-corrected chi connectivity index (χ4v) is 4.04. The molecule has 0 atom stereocenters. The molecule has 1 N–H and O–H groups in total. The third-order valence-electron chi connectivity index (χ3n) is 5.95. The maximum Gasteiger partial charge on any atom is 0.357 e. The number of methoxy groups -OCH3 is 2. The molecular formula is C30H29N3O7. The summed E-state index contributed by atoms with van der Waals surface area (Å²) in [6, 6.07) is 21.2. The normalized spacial score (nSPS) is 10.5. The Labute approximate surface area is 231 Å². The first-order valence-corrected chi connectivity index (χ1v) is 12.5. The summed E-state index contributed by atoms with van der Waals surface area (Å²) in [6.07, 6.45) is 0. The standard InChI is InChI=1S/C30H29N3O7/c1-5-39-24-17-20(15-16-23(24)40-18-25(34)31-22-14-10-9-11-19(22)2)27-26(29(35)37-3)28(30(36)38-4)33(32-27)21-12-7-6-8-13-21/h6-17H,5,18H2,1-4H3,(H,31,34). The van der Waals surface area contributed by atoms with Gasteiger partial charge in [0.25, 0.3) is 5.91 Å². The number of aromatic nitrogens is 2. The zero-order valence-electron chi connectivity index (χ0n) is 22.6. The first-order chi connectivity index (χ1) is 19.4. The Morgan fingerprint density at radius 1 is 0.850 bits per heavy atom. The number of ether oxygens (including phenoxy) is 4. The lowest BCUT2D eigenvalue weighted by Crippen LogP contribution is -2.20. The molecule has 0 spiro atoms. The second-order valence-electron chi connectivity index (χ2n) is 8.55. The highest BCUT2D eigenvalue weighted by Crippen LogP contribution is 2.36. The van der Waals surface area contributed by atoms with Gasteiger partial charge in [0.05, 0.1) is 26.5 Å². The SMILES string of the molecule is CCOc1cc(-c2nn(-c3ccccc3)c(C(=O)OC)c2C(=O)OC)ccc1OCC(=O)Nc1ccccc1C. The zero-order valence-corrected chi connectivity index (χ0v) is 22.6. The van der Waals surface area contributed by atoms with Crippen LogP contribution in [0.5, 0.6) is 11.5 Å². The van der Waals surface area contributed by atoms with Crippen LogP contribution in [-0.2, 0) is 14.3 Å². The van der Waals surface area contributed by atoms with Crippen molar-refractivity contribution in [3.63, 3.8) is 0 Å². The Morgan fingerprint density at radius 2 is 1.55 bits per heavy atom. The largest absolute Gasteiger partial charge is 0.490 e. The molecule has 3 aromatic carbocycles. The number of anilines is 1. The molecule has 0 aliphatic carbocycles. The number of para-hydroxylation sites is 2. The minimum atomic E-state index is -0.760. The number of esters is 2. The van der Waals surface area contributed by atoms with E-state index in [-0.39, 0.29) is 29.5 Å². The Hall–Kier alpha value is -5.12. The van der Waals surface area contributed by atoms with Crippen LogP contribution in [0.25, 0.3) is 16.9 Å². The van der Waals surface area contributed by atoms with E-state index in [2.05, 4.69) is 10.4 Å². The van der Waals surface area contributed by atoms with E-state index in [0.717, 1.165) is 5.56 Å². The molecule has 1 amide bonds. The molecule has 0 saturated carbocycles. The van der Waals surface area contributed by atoms with Gasteiger partial charge >= 0.3 is 11.9 Å². The lowest BCUT2D eigenvalue weighted by atomic mass is 10.0. The van der Waals surface area contributed by atoms with Crippen LogP contribution in [-0.4, -0.2) is 55.1 Å². The van der Waals surface area contributed by atoms with Gasteiger partial charge in [-0.1, -0.05) is 36.4 Å². The van der Waals surface area contributed by atoms with Crippen molar-refractivity contribution in [2.24, 2.45) is 0 Å². The fraction of sp³-hybridized carbons (Fsp3) is 0.200. The quantitative estimate of drug-likeness (QED) is 0.283. The third kappa shape index (κ3) is 5.96. The number of hydrogen-bond donors (Lipinski definition) is 1. The monoisotopic (exact) mass is 543 g/mol. The Morgan fingerprint density at radius 3 is 2.23 bits per heavy atom. The number of benzene rings is 3. The number of nitrogens with one attached hydrogen (secondary N) is 1. The summed E-state index contributed by atoms with van der Waals surface area (Å²) in [6.45, 7) is 3.76. The fourth-order valence-electron chi connectivity index (χ4n) is 4.04. The summed E-state index contributed by atoms with van der Waals surface area (Å²) in [5.41, 5.74) is 2.67. The molecule has 4 aromatic rings. The lowest BCUT2D eigenvalue weighted by Gasteiger charge is -2.14. The summed E-state index contributed by atoms with van der Waals surface area (Å²) < 4.78 is 22.9. The molecule has 10 heteroatoms. The predicted octanol–water partition coefficient (Wildman–Crippen LogP) is 4.84. The van der Waals surface area contributed by atoms with Crippen molar-refractivity contribution in [3.8, 4) is 28.4 Å². The van der Waals surface area contributed by atoms with Gasteiger partial charge in [0, 0.05) is 11.3 Å². The predicted molar refractivity (Wildman–Crippen MR) is 148 cm³/mol. The molecule has 10 nitrogen and oxygen atoms in total. The molecule has 0 radical (unpaired) electrons. The van der Waals surface area contributed by atoms with Crippen LogP contribution in [0, 0.1) is 6.92 Å². The Kier molecular flexibility index (Phi) is 8.80. The van der Waals surface area contributed by atoms with Crippen LogP contribution in [0.1, 0.15) is 33.3 Å². The minimum absolute atomic E-state index is 0.0630. The van der Waals surface area contributed by atoms with Gasteiger partial charge in [-0.05, 0) is 55.8 Å². The molecule has 1 aromatic heterocycles. The van der Waals surface area contributed by atoms with E-state index in [1.54, 1.807) is 49.4 Å². The van der Waals surface area contributed by atoms with Crippen LogP contribution in [0.4, 0.5) is 5.69 Å². The molecule has 1 heterocycles. The van der Waals surface area contributed by atoms with Crippen molar-refractivity contribution in [3.05, 3.63) is 89.6 Å². The Balaban J connectivity index is 1.71. The molecule has 40 heavy (non-hydrogen) atoms. The highest BCUT2D eigenvalue weighted by Gasteiger charge is 2.31. The van der Waals surface area contributed by atoms with Crippen LogP contribution in [0.2, 0.25) is 0 Å². The zero-order chi connectivity index (χ0) is 28.6. The topological polar surface area (TPSA) is 118 Å². The van der Waals surface area contributed by atoms with Gasteiger partial charge in [0.1, 0.15) is 11.3 Å². The first kappa shape index (κ1) is 27.9. The molecule has 0 aliphatic heterocycles. The van der Waals surface area contributed by atoms with E-state index in [0.29, 0.717) is 35.0 Å². The highest BCUT2D eigenvalue weighted by atomic mass is 16.5. The smallest absolute Gasteiger partial charge is 0.357 e. The molecule has 4 rings (SSSR count). The molecule has 0 aliphatic rings. The first-order valence-electron chi connectivity index (χ1n) is 12.5. The van der Waals surface area contributed by atoms with Crippen molar-refractivity contribution in [1.82, 2.24) is 9.78 Å². The third-order valence-corrected chi connectivity index (χ3v) is 5.95. The van der Waals surface area contributed by atoms with Crippen LogP contribution in [0.3, 0.4) is 0 Å².